The van der Waals surface area contributed by atoms with Crippen LogP contribution >= 0.6 is 0 Å². The lowest BCUT2D eigenvalue weighted by atomic mass is 10.2. The lowest BCUT2D eigenvalue weighted by molar-refractivity contribution is -0.138. The summed E-state index contributed by atoms with van der Waals surface area (Å²) in [6.45, 7) is 0.397. The number of nitrogens with zero attached hydrogens (tertiary/aromatic N) is 2. The van der Waals surface area contributed by atoms with Gasteiger partial charge in [0.1, 0.15) is 6.04 Å². The Balaban J connectivity index is 2.59. The van der Waals surface area contributed by atoms with Gasteiger partial charge in [-0.2, -0.15) is 0 Å². The van der Waals surface area contributed by atoms with E-state index in [9.17, 15) is 4.79 Å². The number of aliphatic carboxylic acids is 1. The summed E-state index contributed by atoms with van der Waals surface area (Å²) in [7, 11) is 3.34. The number of carbonyl (C=O) groups is 1. The van der Waals surface area contributed by atoms with Gasteiger partial charge in [-0.3, -0.25) is 0 Å². The number of nitrogens with one attached hydrogen (secondary N) is 1. The van der Waals surface area contributed by atoms with Crippen LogP contribution in [0.4, 0.5) is 5.95 Å². The standard InChI is InChI=1S/C9H15N3O3/c1-12-5-4-10-9(12)11-7(8(13)14)3-6-15-2/h4-5,7H,3,6H2,1-2H3,(H,10,11)(H,13,14). The first kappa shape index (κ1) is 11.5. The van der Waals surface area contributed by atoms with Gasteiger partial charge in [-0.05, 0) is 0 Å². The van der Waals surface area contributed by atoms with Crippen molar-refractivity contribution in [1.82, 2.24) is 9.55 Å². The zero-order chi connectivity index (χ0) is 11.3. The second kappa shape index (κ2) is 5.35. The molecule has 1 unspecified atom stereocenters. The summed E-state index contributed by atoms with van der Waals surface area (Å²) in [5, 5.41) is 11.8. The van der Waals surface area contributed by atoms with Gasteiger partial charge in [-0.1, -0.05) is 0 Å². The number of anilines is 1. The van der Waals surface area contributed by atoms with Gasteiger partial charge in [0, 0.05) is 39.6 Å². The van der Waals surface area contributed by atoms with Crippen LogP contribution < -0.4 is 5.32 Å². The molecule has 1 atom stereocenters. The second-order valence-electron chi connectivity index (χ2n) is 3.18. The molecule has 0 aliphatic carbocycles. The van der Waals surface area contributed by atoms with Gasteiger partial charge in [0.25, 0.3) is 0 Å². The largest absolute Gasteiger partial charge is 0.480 e. The quantitative estimate of drug-likeness (QED) is 0.711. The molecule has 84 valence electrons. The second-order valence-corrected chi connectivity index (χ2v) is 3.18. The molecule has 0 aromatic carbocycles. The number of aromatic nitrogens is 2. The summed E-state index contributed by atoms with van der Waals surface area (Å²) >= 11 is 0. The number of hydrogen-bond acceptors (Lipinski definition) is 4. The molecule has 0 saturated carbocycles. The third-order valence-electron chi connectivity index (χ3n) is 2.03. The van der Waals surface area contributed by atoms with Crippen LogP contribution in [0.5, 0.6) is 0 Å². The van der Waals surface area contributed by atoms with E-state index in [4.69, 9.17) is 9.84 Å². The van der Waals surface area contributed by atoms with Crippen molar-refractivity contribution in [3.63, 3.8) is 0 Å². The van der Waals surface area contributed by atoms with E-state index in [1.165, 1.54) is 0 Å². The zero-order valence-corrected chi connectivity index (χ0v) is 8.80. The molecule has 1 rings (SSSR count). The van der Waals surface area contributed by atoms with Crippen molar-refractivity contribution in [2.45, 2.75) is 12.5 Å². The van der Waals surface area contributed by atoms with E-state index in [0.717, 1.165) is 0 Å². The highest BCUT2D eigenvalue weighted by Crippen LogP contribution is 2.06. The minimum Gasteiger partial charge on any atom is -0.480 e. The molecule has 0 aliphatic heterocycles. The van der Waals surface area contributed by atoms with Crippen molar-refractivity contribution >= 4 is 11.9 Å². The molecule has 15 heavy (non-hydrogen) atoms. The fourth-order valence-corrected chi connectivity index (χ4v) is 1.15. The summed E-state index contributed by atoms with van der Waals surface area (Å²) in [4.78, 5) is 14.9. The fraction of sp³-hybridized carbons (Fsp3) is 0.556. The van der Waals surface area contributed by atoms with Crippen molar-refractivity contribution in [3.8, 4) is 0 Å². The molecular weight excluding hydrogens is 198 g/mol. The monoisotopic (exact) mass is 213 g/mol. The smallest absolute Gasteiger partial charge is 0.326 e. The Labute approximate surface area is 87.9 Å². The Kier molecular flexibility index (Phi) is 4.11. The Bertz CT molecular complexity index is 324. The molecule has 6 nitrogen and oxygen atoms in total. The lowest BCUT2D eigenvalue weighted by Crippen LogP contribution is -2.31. The predicted molar refractivity (Wildman–Crippen MR) is 54.7 cm³/mol. The topological polar surface area (TPSA) is 76.4 Å². The lowest BCUT2D eigenvalue weighted by Gasteiger charge is -2.14. The number of carboxylic acid groups (broad SMARTS) is 1. The molecule has 6 heteroatoms. The van der Waals surface area contributed by atoms with Crippen LogP contribution in [0.15, 0.2) is 12.4 Å². The number of aryl methyl sites for hydroxylation is 1. The molecule has 0 fully saturated rings. The number of imidazole rings is 1. The van der Waals surface area contributed by atoms with Crippen LogP contribution in [0.1, 0.15) is 6.42 Å². The molecule has 0 saturated heterocycles. The zero-order valence-electron chi connectivity index (χ0n) is 8.80. The maximum absolute atomic E-state index is 10.9. The first-order valence-electron chi connectivity index (χ1n) is 4.60. The van der Waals surface area contributed by atoms with Crippen LogP contribution in [0, 0.1) is 0 Å². The third kappa shape index (κ3) is 3.25. The molecule has 1 aromatic rings. The van der Waals surface area contributed by atoms with E-state index in [0.29, 0.717) is 19.0 Å². The van der Waals surface area contributed by atoms with Crippen LogP contribution in [0.2, 0.25) is 0 Å². The van der Waals surface area contributed by atoms with Gasteiger partial charge in [0.05, 0.1) is 0 Å². The first-order valence-corrected chi connectivity index (χ1v) is 4.60. The van der Waals surface area contributed by atoms with E-state index in [1.54, 1.807) is 31.1 Å². The Morgan fingerprint density at radius 3 is 3.00 bits per heavy atom. The Morgan fingerprint density at radius 1 is 1.80 bits per heavy atom. The summed E-state index contributed by atoms with van der Waals surface area (Å²) in [5.41, 5.74) is 0. The van der Waals surface area contributed by atoms with E-state index in [-0.39, 0.29) is 0 Å². The molecule has 0 bridgehead atoms. The molecule has 0 aliphatic rings. The van der Waals surface area contributed by atoms with Gasteiger partial charge in [-0.15, -0.1) is 0 Å². The van der Waals surface area contributed by atoms with Crippen LogP contribution in [0.25, 0.3) is 0 Å². The molecule has 2 N–H and O–H groups in total. The molecule has 1 heterocycles. The molecule has 1 aromatic heterocycles. The summed E-state index contributed by atoms with van der Waals surface area (Å²) in [6.07, 6.45) is 3.76. The third-order valence-corrected chi connectivity index (χ3v) is 2.03. The van der Waals surface area contributed by atoms with Crippen molar-refractivity contribution < 1.29 is 14.6 Å². The van der Waals surface area contributed by atoms with Gasteiger partial charge < -0.3 is 19.7 Å². The molecule has 0 spiro atoms. The highest BCUT2D eigenvalue weighted by Gasteiger charge is 2.18. The maximum Gasteiger partial charge on any atom is 0.326 e. The van der Waals surface area contributed by atoms with E-state index < -0.39 is 12.0 Å². The minimum atomic E-state index is -0.907. The predicted octanol–water partition coefficient (Wildman–Crippen LogP) is 0.322. The Morgan fingerprint density at radius 2 is 2.53 bits per heavy atom. The number of ether oxygens (including phenoxy) is 1. The minimum absolute atomic E-state index is 0.397. The Hall–Kier alpha value is -1.56. The van der Waals surface area contributed by atoms with E-state index >= 15 is 0 Å². The average molecular weight is 213 g/mol. The van der Waals surface area contributed by atoms with Gasteiger partial charge in [0.2, 0.25) is 5.95 Å². The van der Waals surface area contributed by atoms with Crippen molar-refractivity contribution in [1.29, 1.82) is 0 Å². The number of methoxy groups -OCH3 is 1. The summed E-state index contributed by atoms with van der Waals surface area (Å²) < 4.78 is 6.57. The van der Waals surface area contributed by atoms with Crippen LogP contribution in [0.3, 0.4) is 0 Å². The van der Waals surface area contributed by atoms with E-state index in [1.807, 2.05) is 0 Å². The number of carboxylic acids is 1. The average Bonchev–Trinajstić information content (AvgIpc) is 2.58. The van der Waals surface area contributed by atoms with Crippen LogP contribution in [-0.4, -0.2) is 40.4 Å². The first-order chi connectivity index (χ1) is 7.15. The van der Waals surface area contributed by atoms with Gasteiger partial charge >= 0.3 is 5.97 Å². The SMILES string of the molecule is COCCC(Nc1nccn1C)C(=O)O. The number of rotatable bonds is 6. The fourth-order valence-electron chi connectivity index (χ4n) is 1.15. The van der Waals surface area contributed by atoms with Crippen LogP contribution in [-0.2, 0) is 16.6 Å². The van der Waals surface area contributed by atoms with Gasteiger partial charge in [0.15, 0.2) is 0 Å². The normalized spacial score (nSPS) is 12.4. The number of hydrogen-bond donors (Lipinski definition) is 2. The molecule has 0 radical (unpaired) electrons. The summed E-state index contributed by atoms with van der Waals surface area (Å²) in [5.74, 6) is -0.367. The highest BCUT2D eigenvalue weighted by molar-refractivity contribution is 5.76. The molecular formula is C9H15N3O3. The highest BCUT2D eigenvalue weighted by atomic mass is 16.5. The molecule has 0 amide bonds. The van der Waals surface area contributed by atoms with Gasteiger partial charge in [-0.25, -0.2) is 9.78 Å². The van der Waals surface area contributed by atoms with Crippen molar-refractivity contribution in [2.24, 2.45) is 7.05 Å². The maximum atomic E-state index is 10.9. The van der Waals surface area contributed by atoms with E-state index in [2.05, 4.69) is 10.3 Å². The summed E-state index contributed by atoms with van der Waals surface area (Å²) in [6, 6.07) is -0.675. The van der Waals surface area contributed by atoms with Crippen molar-refractivity contribution in [3.05, 3.63) is 12.4 Å². The van der Waals surface area contributed by atoms with Crippen molar-refractivity contribution in [2.75, 3.05) is 19.0 Å².